The largest absolute Gasteiger partial charge is 0.309 e. The van der Waals surface area contributed by atoms with Gasteiger partial charge in [0, 0.05) is 32.9 Å². The van der Waals surface area contributed by atoms with Gasteiger partial charge in [-0.25, -0.2) is 0 Å². The van der Waals surface area contributed by atoms with E-state index in [0.717, 1.165) is 11.4 Å². The molecule has 0 aliphatic carbocycles. The molecule has 0 radical (unpaired) electrons. The lowest BCUT2D eigenvalue weighted by Crippen LogP contribution is -1.94. The Morgan fingerprint density at radius 3 is 1.21 bits per heavy atom. The van der Waals surface area contributed by atoms with E-state index in [1.54, 1.807) is 0 Å². The Morgan fingerprint density at radius 1 is 0.226 bits per heavy atom. The van der Waals surface area contributed by atoms with Crippen LogP contribution in [0.2, 0.25) is 0 Å². The van der Waals surface area contributed by atoms with Gasteiger partial charge in [-0.15, -0.1) is 0 Å². The van der Waals surface area contributed by atoms with Gasteiger partial charge in [0.05, 0.1) is 22.1 Å². The second-order valence-corrected chi connectivity index (χ2v) is 16.5. The predicted octanol–water partition coefficient (Wildman–Crippen LogP) is 16.3. The lowest BCUT2D eigenvalue weighted by Gasteiger charge is -2.18. The third-order valence-electron chi connectivity index (χ3n) is 13.1. The van der Waals surface area contributed by atoms with E-state index in [2.05, 4.69) is 240 Å². The van der Waals surface area contributed by atoms with Gasteiger partial charge >= 0.3 is 0 Å². The van der Waals surface area contributed by atoms with Gasteiger partial charge in [-0.1, -0.05) is 170 Å². The Kier molecular flexibility index (Phi) is 7.64. The molecule has 2 heteroatoms. The first-order valence-electron chi connectivity index (χ1n) is 21.4. The van der Waals surface area contributed by atoms with Gasteiger partial charge in [0.15, 0.2) is 0 Å². The fourth-order valence-electron chi connectivity index (χ4n) is 10.3. The summed E-state index contributed by atoms with van der Waals surface area (Å²) in [6, 6.07) is 85.0. The summed E-state index contributed by atoms with van der Waals surface area (Å²) in [4.78, 5) is 0. The number of hydrogen-bond acceptors (Lipinski definition) is 0. The molecule has 0 amide bonds. The highest BCUT2D eigenvalue weighted by atomic mass is 15.0. The zero-order valence-corrected chi connectivity index (χ0v) is 33.8. The quantitative estimate of drug-likeness (QED) is 0.154. The van der Waals surface area contributed by atoms with Crippen molar-refractivity contribution in [2.75, 3.05) is 0 Å². The highest BCUT2D eigenvalue weighted by Gasteiger charge is 2.20. The first kappa shape index (κ1) is 34.6. The highest BCUT2D eigenvalue weighted by Crippen LogP contribution is 2.45. The molecule has 288 valence electrons. The molecular formula is C60H38N2. The second kappa shape index (κ2) is 13.7. The molecule has 2 nitrogen and oxygen atoms in total. The van der Waals surface area contributed by atoms with E-state index in [1.807, 2.05) is 0 Å². The molecule has 0 saturated heterocycles. The maximum absolute atomic E-state index is 2.47. The molecule has 2 heterocycles. The molecule has 0 N–H and O–H groups in total. The maximum Gasteiger partial charge on any atom is 0.0547 e. The van der Waals surface area contributed by atoms with E-state index >= 15 is 0 Å². The van der Waals surface area contributed by atoms with Gasteiger partial charge in [-0.3, -0.25) is 0 Å². The average Bonchev–Trinajstić information content (AvgIpc) is 3.85. The van der Waals surface area contributed by atoms with Crippen LogP contribution in [0.3, 0.4) is 0 Å². The van der Waals surface area contributed by atoms with Crippen LogP contribution >= 0.6 is 0 Å². The molecular weight excluding hydrogens is 749 g/mol. The van der Waals surface area contributed by atoms with Crippen molar-refractivity contribution in [1.82, 2.24) is 9.13 Å². The molecule has 2 aromatic heterocycles. The Hall–Kier alpha value is -8.20. The summed E-state index contributed by atoms with van der Waals surface area (Å²) in [7, 11) is 0. The predicted molar refractivity (Wildman–Crippen MR) is 264 cm³/mol. The fourth-order valence-corrected chi connectivity index (χ4v) is 10.3. The number of fused-ring (bicyclic) bond motifs is 9. The van der Waals surface area contributed by atoms with Crippen LogP contribution in [0, 0.1) is 0 Å². The molecule has 0 bridgehead atoms. The number of nitrogens with zero attached hydrogens (tertiary/aromatic N) is 2. The van der Waals surface area contributed by atoms with Crippen molar-refractivity contribution in [2.24, 2.45) is 0 Å². The summed E-state index contributed by atoms with van der Waals surface area (Å²) < 4.78 is 4.83. The number of hydrogen-bond donors (Lipinski definition) is 0. The molecule has 0 aliphatic heterocycles. The summed E-state index contributed by atoms with van der Waals surface area (Å²) in [5.74, 6) is 0. The number of aromatic nitrogens is 2. The van der Waals surface area contributed by atoms with E-state index < -0.39 is 0 Å². The molecule has 13 aromatic rings. The van der Waals surface area contributed by atoms with Crippen molar-refractivity contribution < 1.29 is 0 Å². The van der Waals surface area contributed by atoms with Crippen molar-refractivity contribution >= 4 is 75.9 Å². The molecule has 62 heavy (non-hydrogen) atoms. The van der Waals surface area contributed by atoms with E-state index in [0.29, 0.717) is 0 Å². The Balaban J connectivity index is 1.11. The van der Waals surface area contributed by atoms with Crippen LogP contribution in [0.1, 0.15) is 0 Å². The Bertz CT molecular complexity index is 3690. The fraction of sp³-hybridized carbons (Fsp3) is 0. The van der Waals surface area contributed by atoms with E-state index in [9.17, 15) is 0 Å². The molecule has 0 atom stereocenters. The Morgan fingerprint density at radius 2 is 0.661 bits per heavy atom. The SMILES string of the molecule is c1ccc(-n2c3ccccc3c3ccc(-c4cccc5c(-c6ccc7ccccc7c6)c6cccc(-c7ccc8c9ccccc9n(-c9ccccc9)c8c7)c6cc45)cc32)cc1. The van der Waals surface area contributed by atoms with Crippen LogP contribution in [0.5, 0.6) is 0 Å². The minimum Gasteiger partial charge on any atom is -0.309 e. The normalized spacial score (nSPS) is 11.9. The van der Waals surface area contributed by atoms with Crippen LogP contribution in [0.15, 0.2) is 231 Å². The van der Waals surface area contributed by atoms with Gasteiger partial charge in [0.25, 0.3) is 0 Å². The van der Waals surface area contributed by atoms with Crippen molar-refractivity contribution in [2.45, 2.75) is 0 Å². The maximum atomic E-state index is 2.47. The zero-order valence-electron chi connectivity index (χ0n) is 33.8. The van der Waals surface area contributed by atoms with Crippen molar-refractivity contribution in [3.05, 3.63) is 231 Å². The second-order valence-electron chi connectivity index (χ2n) is 16.5. The van der Waals surface area contributed by atoms with Crippen LogP contribution in [-0.4, -0.2) is 9.13 Å². The summed E-state index contributed by atoms with van der Waals surface area (Å²) >= 11 is 0. The molecule has 0 fully saturated rings. The van der Waals surface area contributed by atoms with Crippen LogP contribution < -0.4 is 0 Å². The molecule has 11 aromatic carbocycles. The van der Waals surface area contributed by atoms with Crippen LogP contribution in [-0.2, 0) is 0 Å². The monoisotopic (exact) mass is 786 g/mol. The summed E-state index contributed by atoms with van der Waals surface area (Å²) in [5.41, 5.74) is 14.4. The summed E-state index contributed by atoms with van der Waals surface area (Å²) in [6.45, 7) is 0. The standard InChI is InChI=1S/C60H38N2/c1-3-17-44(18-4-1)61-56-27-11-9-21-48(56)50-33-31-41(36-58(50)61)46-23-13-25-52-54(46)38-55-47(24-14-26-53(55)60(52)43-30-29-39-15-7-8-16-40(39)35-43)42-32-34-51-49-22-10-12-28-57(49)62(59(51)37-42)45-19-5-2-6-20-45/h1-38H. The molecule has 0 spiro atoms. The summed E-state index contributed by atoms with van der Waals surface area (Å²) in [6.07, 6.45) is 0. The van der Waals surface area contributed by atoms with E-state index in [-0.39, 0.29) is 0 Å². The third kappa shape index (κ3) is 5.23. The van der Waals surface area contributed by atoms with Crippen molar-refractivity contribution in [3.8, 4) is 44.8 Å². The van der Waals surface area contributed by atoms with Gasteiger partial charge < -0.3 is 9.13 Å². The summed E-state index contributed by atoms with van der Waals surface area (Å²) in [5, 5.41) is 12.4. The number of para-hydroxylation sites is 4. The molecule has 0 aliphatic rings. The average molecular weight is 787 g/mol. The molecule has 0 unspecified atom stereocenters. The molecule has 13 rings (SSSR count). The highest BCUT2D eigenvalue weighted by molar-refractivity contribution is 6.20. The van der Waals surface area contributed by atoms with E-state index in [1.165, 1.54) is 109 Å². The smallest absolute Gasteiger partial charge is 0.0547 e. The first-order chi connectivity index (χ1) is 30.8. The minimum absolute atomic E-state index is 1.16. The van der Waals surface area contributed by atoms with Crippen LogP contribution in [0.25, 0.3) is 121 Å². The Labute approximate surface area is 358 Å². The van der Waals surface area contributed by atoms with Crippen LogP contribution in [0.4, 0.5) is 0 Å². The first-order valence-corrected chi connectivity index (χ1v) is 21.4. The van der Waals surface area contributed by atoms with Crippen molar-refractivity contribution in [3.63, 3.8) is 0 Å². The minimum atomic E-state index is 1.16. The third-order valence-corrected chi connectivity index (χ3v) is 13.1. The van der Waals surface area contributed by atoms with Gasteiger partial charge in [-0.2, -0.15) is 0 Å². The zero-order chi connectivity index (χ0) is 40.7. The van der Waals surface area contributed by atoms with Crippen molar-refractivity contribution in [1.29, 1.82) is 0 Å². The van der Waals surface area contributed by atoms with Gasteiger partial charge in [0.1, 0.15) is 0 Å². The van der Waals surface area contributed by atoms with E-state index in [4.69, 9.17) is 0 Å². The molecule has 0 saturated carbocycles. The number of rotatable bonds is 5. The van der Waals surface area contributed by atoms with Gasteiger partial charge in [-0.05, 0) is 126 Å². The number of benzene rings is 11. The lowest BCUT2D eigenvalue weighted by molar-refractivity contribution is 1.18. The van der Waals surface area contributed by atoms with Gasteiger partial charge in [0.2, 0.25) is 0 Å². The lowest BCUT2D eigenvalue weighted by atomic mass is 9.85. The topological polar surface area (TPSA) is 9.86 Å².